The average molecular weight is 290 g/mol. The van der Waals surface area contributed by atoms with E-state index >= 15 is 0 Å². The lowest BCUT2D eigenvalue weighted by molar-refractivity contribution is -0.137. The number of benzene rings is 2. The van der Waals surface area contributed by atoms with Gasteiger partial charge in [-0.25, -0.2) is 0 Å². The fourth-order valence-electron chi connectivity index (χ4n) is 2.30. The molecular weight excluding hydrogens is 277 g/mol. The van der Waals surface area contributed by atoms with Crippen LogP contribution in [0.1, 0.15) is 45.8 Å². The molecule has 3 rings (SSSR count). The molecule has 0 atom stereocenters. The first-order valence-corrected chi connectivity index (χ1v) is 6.77. The number of hydrogen-bond acceptors (Lipinski definition) is 1. The highest BCUT2D eigenvalue weighted by Gasteiger charge is 2.30. The van der Waals surface area contributed by atoms with Crippen molar-refractivity contribution in [1.82, 2.24) is 0 Å². The van der Waals surface area contributed by atoms with Crippen LogP contribution in [0.15, 0.2) is 48.5 Å². The molecule has 0 heterocycles. The summed E-state index contributed by atoms with van der Waals surface area (Å²) in [5, 5.41) is 0. The molecule has 0 radical (unpaired) electrons. The van der Waals surface area contributed by atoms with E-state index < -0.39 is 11.7 Å². The number of hydrogen-bond donors (Lipinski definition) is 0. The Balaban J connectivity index is 1.80. The Labute approximate surface area is 120 Å². The molecule has 1 nitrogen and oxygen atoms in total. The summed E-state index contributed by atoms with van der Waals surface area (Å²) >= 11 is 0. The normalized spacial score (nSPS) is 15.0. The molecule has 2 aromatic rings. The molecule has 0 aromatic heterocycles. The molecule has 1 aliphatic carbocycles. The summed E-state index contributed by atoms with van der Waals surface area (Å²) in [4.78, 5) is 12.2. The van der Waals surface area contributed by atoms with Crippen LogP contribution in [0.25, 0.3) is 0 Å². The maximum atomic E-state index is 12.5. The lowest BCUT2D eigenvalue weighted by Gasteiger charge is -2.07. The van der Waals surface area contributed by atoms with Crippen LogP contribution < -0.4 is 0 Å². The van der Waals surface area contributed by atoms with Crippen molar-refractivity contribution in [2.24, 2.45) is 0 Å². The summed E-state index contributed by atoms with van der Waals surface area (Å²) in [5.41, 5.74) is 1.24. The molecule has 1 saturated carbocycles. The number of halogens is 3. The quantitative estimate of drug-likeness (QED) is 0.741. The van der Waals surface area contributed by atoms with Crippen molar-refractivity contribution >= 4 is 5.78 Å². The van der Waals surface area contributed by atoms with E-state index in [0.29, 0.717) is 11.5 Å². The van der Waals surface area contributed by atoms with Crippen LogP contribution in [0, 0.1) is 0 Å². The predicted molar refractivity (Wildman–Crippen MR) is 73.3 cm³/mol. The smallest absolute Gasteiger partial charge is 0.289 e. The second kappa shape index (κ2) is 5.02. The van der Waals surface area contributed by atoms with Crippen molar-refractivity contribution in [1.29, 1.82) is 0 Å². The van der Waals surface area contributed by atoms with E-state index in [1.165, 1.54) is 30.5 Å². The van der Waals surface area contributed by atoms with Crippen LogP contribution in [-0.2, 0) is 6.18 Å². The number of carbonyl (C=O) groups excluding carboxylic acids is 1. The zero-order chi connectivity index (χ0) is 15.0. The Morgan fingerprint density at radius 1 is 0.857 bits per heavy atom. The third kappa shape index (κ3) is 2.99. The summed E-state index contributed by atoms with van der Waals surface area (Å²) < 4.78 is 37.5. The van der Waals surface area contributed by atoms with E-state index in [1.807, 2.05) is 12.1 Å². The summed E-state index contributed by atoms with van der Waals surface area (Å²) in [5.74, 6) is 0.353. The van der Waals surface area contributed by atoms with Gasteiger partial charge < -0.3 is 0 Å². The topological polar surface area (TPSA) is 17.1 Å². The average Bonchev–Trinajstić information content (AvgIpc) is 3.31. The second-order valence-corrected chi connectivity index (χ2v) is 5.30. The Morgan fingerprint density at radius 2 is 1.33 bits per heavy atom. The first-order chi connectivity index (χ1) is 9.95. The summed E-state index contributed by atoms with van der Waals surface area (Å²) in [6.07, 6.45) is -2.01. The van der Waals surface area contributed by atoms with Gasteiger partial charge in [-0.15, -0.1) is 0 Å². The van der Waals surface area contributed by atoms with Gasteiger partial charge in [-0.3, -0.25) is 4.79 Å². The monoisotopic (exact) mass is 290 g/mol. The molecule has 2 aromatic carbocycles. The molecule has 1 aliphatic rings. The van der Waals surface area contributed by atoms with Gasteiger partial charge in [0.1, 0.15) is 0 Å². The predicted octanol–water partition coefficient (Wildman–Crippen LogP) is 4.81. The first kappa shape index (κ1) is 13.9. The fraction of sp³-hybridized carbons (Fsp3) is 0.235. The zero-order valence-corrected chi connectivity index (χ0v) is 11.2. The van der Waals surface area contributed by atoms with E-state index in [9.17, 15) is 18.0 Å². The second-order valence-electron chi connectivity index (χ2n) is 5.30. The van der Waals surface area contributed by atoms with Crippen LogP contribution in [-0.4, -0.2) is 5.78 Å². The number of ketones is 1. The van der Waals surface area contributed by atoms with Gasteiger partial charge in [-0.1, -0.05) is 36.4 Å². The van der Waals surface area contributed by atoms with Crippen molar-refractivity contribution in [3.63, 3.8) is 0 Å². The number of alkyl halides is 3. The molecule has 0 bridgehead atoms. The van der Waals surface area contributed by atoms with E-state index in [-0.39, 0.29) is 11.3 Å². The lowest BCUT2D eigenvalue weighted by Crippen LogP contribution is -2.06. The first-order valence-electron chi connectivity index (χ1n) is 6.77. The number of carbonyl (C=O) groups is 1. The van der Waals surface area contributed by atoms with Gasteiger partial charge in [-0.05, 0) is 36.5 Å². The molecule has 0 aliphatic heterocycles. The fourth-order valence-corrected chi connectivity index (χ4v) is 2.30. The van der Waals surface area contributed by atoms with Gasteiger partial charge in [0.15, 0.2) is 5.78 Å². The van der Waals surface area contributed by atoms with Gasteiger partial charge in [0, 0.05) is 11.1 Å². The zero-order valence-electron chi connectivity index (χ0n) is 11.2. The van der Waals surface area contributed by atoms with Gasteiger partial charge >= 0.3 is 6.18 Å². The third-order valence-electron chi connectivity index (χ3n) is 3.70. The highest BCUT2D eigenvalue weighted by molar-refractivity contribution is 6.09. The number of rotatable bonds is 3. The Hall–Kier alpha value is -2.10. The van der Waals surface area contributed by atoms with Gasteiger partial charge in [0.25, 0.3) is 0 Å². The van der Waals surface area contributed by atoms with Crippen molar-refractivity contribution in [2.75, 3.05) is 0 Å². The summed E-state index contributed by atoms with van der Waals surface area (Å²) in [6, 6.07) is 11.7. The molecule has 4 heteroatoms. The molecule has 0 unspecified atom stereocenters. The molecule has 108 valence electrons. The lowest BCUT2D eigenvalue weighted by atomic mass is 10.00. The summed E-state index contributed by atoms with van der Waals surface area (Å²) in [7, 11) is 0. The maximum Gasteiger partial charge on any atom is 0.416 e. The highest BCUT2D eigenvalue weighted by atomic mass is 19.4. The molecule has 21 heavy (non-hydrogen) atoms. The maximum absolute atomic E-state index is 12.5. The van der Waals surface area contributed by atoms with Crippen LogP contribution >= 0.6 is 0 Å². The molecule has 0 amide bonds. The van der Waals surface area contributed by atoms with Crippen LogP contribution in [0.5, 0.6) is 0 Å². The minimum atomic E-state index is -4.38. The van der Waals surface area contributed by atoms with Crippen LogP contribution in [0.3, 0.4) is 0 Å². The standard InChI is InChI=1S/C17H13F3O/c18-17(19,20)15-9-7-14(8-10-15)16(21)13-5-3-12(4-6-13)11-1-2-11/h3-11H,1-2H2. The van der Waals surface area contributed by atoms with Gasteiger partial charge in [0.2, 0.25) is 0 Å². The highest BCUT2D eigenvalue weighted by Crippen LogP contribution is 2.40. The van der Waals surface area contributed by atoms with Crippen molar-refractivity contribution in [2.45, 2.75) is 24.9 Å². The van der Waals surface area contributed by atoms with E-state index in [0.717, 1.165) is 12.1 Å². The third-order valence-corrected chi connectivity index (χ3v) is 3.70. The SMILES string of the molecule is O=C(c1ccc(C2CC2)cc1)c1ccc(C(F)(F)F)cc1. The van der Waals surface area contributed by atoms with Crippen molar-refractivity contribution in [3.8, 4) is 0 Å². The van der Waals surface area contributed by atoms with E-state index in [2.05, 4.69) is 0 Å². The molecule has 0 spiro atoms. The van der Waals surface area contributed by atoms with Crippen molar-refractivity contribution in [3.05, 3.63) is 70.8 Å². The molecular formula is C17H13F3O. The minimum Gasteiger partial charge on any atom is -0.289 e. The molecule has 0 N–H and O–H groups in total. The molecule has 1 fully saturated rings. The van der Waals surface area contributed by atoms with Crippen molar-refractivity contribution < 1.29 is 18.0 Å². The Morgan fingerprint density at radius 3 is 1.76 bits per heavy atom. The summed E-state index contributed by atoms with van der Waals surface area (Å²) in [6.45, 7) is 0. The molecule has 0 saturated heterocycles. The van der Waals surface area contributed by atoms with Crippen LogP contribution in [0.2, 0.25) is 0 Å². The van der Waals surface area contributed by atoms with Gasteiger partial charge in [-0.2, -0.15) is 13.2 Å². The largest absolute Gasteiger partial charge is 0.416 e. The Bertz CT molecular complexity index is 650. The van der Waals surface area contributed by atoms with E-state index in [4.69, 9.17) is 0 Å². The Kier molecular flexibility index (Phi) is 3.32. The van der Waals surface area contributed by atoms with Crippen LogP contribution in [0.4, 0.5) is 13.2 Å². The minimum absolute atomic E-state index is 0.258. The van der Waals surface area contributed by atoms with Gasteiger partial charge in [0.05, 0.1) is 5.56 Å². The van der Waals surface area contributed by atoms with E-state index in [1.54, 1.807) is 12.1 Å².